The Kier molecular flexibility index (Phi) is 13.9. The SMILES string of the molecule is CC(C)(C)c1cc2c3c(c1)N(c1c(-c4ccccc4)cccc1-c1ccccc1)c1cc(-c4cccc5oc6ccccc6c45)ccc1B3c1ccc(-c3ccc4c(-c5ccccc5)c5ccccc5c(-c5ccccc5)c4c3)cc1N2c1c(-c2ccccc2)cccc1-c1ccccc1. The van der Waals surface area contributed by atoms with Crippen LogP contribution in [0.4, 0.5) is 34.1 Å². The minimum Gasteiger partial charge on any atom is -0.456 e. The van der Waals surface area contributed by atoms with Gasteiger partial charge in [0.05, 0.1) is 11.4 Å². The van der Waals surface area contributed by atoms with E-state index < -0.39 is 0 Å². The standard InChI is InChI=1S/C96H67BN2O/c1-96(2,3)71-60-86-93-87(61-71)99(95-75(64-33-14-6-15-34-64)47-27-48-76(95)65-35-16-7-17-36-65)85-59-70(72-44-28-50-89-92(72)80-43-24-25-49-88(80)100-89)53-56-83(85)97(93)82-55-52-69(58-84(82)98(86)94-73(62-29-10-4-11-30-62)45-26-46-74(94)63-31-12-5-13-32-63)68-51-54-79-81(57-68)91(67-39-20-9-21-40-67)78-42-23-22-41-77(78)90(79)66-37-18-8-19-38-66/h4-61H,1-3H3. The molecule has 0 bridgehead atoms. The molecule has 2 aliphatic heterocycles. The normalized spacial score (nSPS) is 12.5. The maximum atomic E-state index is 6.67. The zero-order chi connectivity index (χ0) is 66.6. The lowest BCUT2D eigenvalue weighted by Crippen LogP contribution is -2.61. The van der Waals surface area contributed by atoms with Crippen LogP contribution in [0.25, 0.3) is 132 Å². The van der Waals surface area contributed by atoms with Gasteiger partial charge in [-0.05, 0) is 158 Å². The van der Waals surface area contributed by atoms with Crippen LogP contribution < -0.4 is 26.2 Å². The summed E-state index contributed by atoms with van der Waals surface area (Å²) < 4.78 is 6.67. The lowest BCUT2D eigenvalue weighted by Gasteiger charge is -2.46. The summed E-state index contributed by atoms with van der Waals surface area (Å²) >= 11 is 0. The number of hydrogen-bond donors (Lipinski definition) is 0. The third kappa shape index (κ3) is 9.58. The van der Waals surface area contributed by atoms with Crippen LogP contribution in [-0.4, -0.2) is 6.71 Å². The monoisotopic (exact) mass is 1270 g/mol. The Morgan fingerprint density at radius 2 is 0.620 bits per heavy atom. The summed E-state index contributed by atoms with van der Waals surface area (Å²) in [6.45, 7) is 6.91. The van der Waals surface area contributed by atoms with Crippen molar-refractivity contribution in [1.29, 1.82) is 0 Å². The average molecular weight is 1280 g/mol. The van der Waals surface area contributed by atoms with E-state index in [4.69, 9.17) is 4.42 Å². The van der Waals surface area contributed by atoms with E-state index in [0.29, 0.717) is 0 Å². The van der Waals surface area contributed by atoms with E-state index in [1.54, 1.807) is 0 Å². The summed E-state index contributed by atoms with van der Waals surface area (Å²) in [5.74, 6) is 0. The first-order valence-electron chi connectivity index (χ1n) is 34.8. The van der Waals surface area contributed by atoms with Crippen molar-refractivity contribution in [2.24, 2.45) is 0 Å². The Balaban J connectivity index is 0.951. The molecule has 3 nitrogen and oxygen atoms in total. The number of rotatable bonds is 10. The summed E-state index contributed by atoms with van der Waals surface area (Å²) in [4.78, 5) is 5.36. The highest BCUT2D eigenvalue weighted by Crippen LogP contribution is 2.55. The Morgan fingerprint density at radius 3 is 1.10 bits per heavy atom. The number of nitrogens with zero attached hydrogens (tertiary/aromatic N) is 2. The molecule has 100 heavy (non-hydrogen) atoms. The lowest BCUT2D eigenvalue weighted by atomic mass is 9.33. The molecule has 0 radical (unpaired) electrons. The second-order valence-corrected chi connectivity index (χ2v) is 27.8. The van der Waals surface area contributed by atoms with Crippen LogP contribution in [0, 0.1) is 0 Å². The molecule has 17 aromatic rings. The Morgan fingerprint density at radius 1 is 0.260 bits per heavy atom. The van der Waals surface area contributed by atoms with Gasteiger partial charge in [0, 0.05) is 55.8 Å². The van der Waals surface area contributed by atoms with Crippen molar-refractivity contribution in [2.45, 2.75) is 26.2 Å². The van der Waals surface area contributed by atoms with Gasteiger partial charge >= 0.3 is 0 Å². The molecule has 0 atom stereocenters. The van der Waals surface area contributed by atoms with Crippen molar-refractivity contribution in [1.82, 2.24) is 0 Å². The van der Waals surface area contributed by atoms with Crippen LogP contribution in [0.1, 0.15) is 26.3 Å². The molecule has 0 N–H and O–H groups in total. The largest absolute Gasteiger partial charge is 0.456 e. The van der Waals surface area contributed by atoms with Gasteiger partial charge in [0.1, 0.15) is 11.2 Å². The third-order valence-corrected chi connectivity index (χ3v) is 21.0. The van der Waals surface area contributed by atoms with Gasteiger partial charge in [-0.25, -0.2) is 0 Å². The van der Waals surface area contributed by atoms with Crippen LogP contribution in [-0.2, 0) is 5.41 Å². The van der Waals surface area contributed by atoms with Crippen LogP contribution in [0.2, 0.25) is 0 Å². The summed E-state index contributed by atoms with van der Waals surface area (Å²) in [6, 6.07) is 131. The van der Waals surface area contributed by atoms with Crippen molar-refractivity contribution >= 4 is 101 Å². The fourth-order valence-electron chi connectivity index (χ4n) is 16.4. The molecule has 0 spiro atoms. The minimum absolute atomic E-state index is 0.223. The van der Waals surface area contributed by atoms with Crippen molar-refractivity contribution in [2.75, 3.05) is 9.80 Å². The molecule has 3 heterocycles. The molecule has 2 aliphatic rings. The summed E-state index contributed by atoms with van der Waals surface area (Å²) in [5.41, 5.74) is 31.7. The maximum absolute atomic E-state index is 6.67. The molecule has 0 amide bonds. The van der Waals surface area contributed by atoms with E-state index in [2.05, 4.69) is 382 Å². The molecule has 0 fully saturated rings. The van der Waals surface area contributed by atoms with Crippen LogP contribution in [0.3, 0.4) is 0 Å². The van der Waals surface area contributed by atoms with E-state index >= 15 is 0 Å². The maximum Gasteiger partial charge on any atom is 0.252 e. The van der Waals surface area contributed by atoms with Crippen molar-refractivity contribution < 1.29 is 4.42 Å². The van der Waals surface area contributed by atoms with Crippen molar-refractivity contribution in [3.05, 3.63) is 357 Å². The average Bonchev–Trinajstić information content (AvgIpc) is 0.763. The van der Waals surface area contributed by atoms with E-state index in [9.17, 15) is 0 Å². The molecule has 0 saturated carbocycles. The lowest BCUT2D eigenvalue weighted by molar-refractivity contribution is 0.590. The van der Waals surface area contributed by atoms with Gasteiger partial charge in [0.25, 0.3) is 6.71 Å². The molecule has 16 aromatic carbocycles. The summed E-state index contributed by atoms with van der Waals surface area (Å²) in [7, 11) is 0. The first kappa shape index (κ1) is 58.8. The summed E-state index contributed by atoms with van der Waals surface area (Å²) in [5, 5.41) is 7.11. The van der Waals surface area contributed by atoms with Crippen LogP contribution in [0.5, 0.6) is 0 Å². The quantitative estimate of drug-likeness (QED) is 0.100. The minimum atomic E-state index is -0.312. The fourth-order valence-corrected chi connectivity index (χ4v) is 16.4. The van der Waals surface area contributed by atoms with Gasteiger partial charge in [-0.15, -0.1) is 0 Å². The topological polar surface area (TPSA) is 19.6 Å². The smallest absolute Gasteiger partial charge is 0.252 e. The first-order valence-corrected chi connectivity index (χ1v) is 34.8. The molecule has 19 rings (SSSR count). The first-order chi connectivity index (χ1) is 49.3. The van der Waals surface area contributed by atoms with Gasteiger partial charge in [-0.3, -0.25) is 0 Å². The van der Waals surface area contributed by atoms with Crippen LogP contribution >= 0.6 is 0 Å². The van der Waals surface area contributed by atoms with Gasteiger partial charge in [0.15, 0.2) is 0 Å². The highest BCUT2D eigenvalue weighted by atomic mass is 16.3. The number of hydrogen-bond acceptors (Lipinski definition) is 3. The fraction of sp³-hybridized carbons (Fsp3) is 0.0417. The molecule has 470 valence electrons. The number of anilines is 6. The number of benzene rings is 16. The van der Waals surface area contributed by atoms with Crippen LogP contribution in [0.15, 0.2) is 356 Å². The second kappa shape index (κ2) is 23.7. The Bertz CT molecular complexity index is 5940. The molecule has 1 aromatic heterocycles. The zero-order valence-electron chi connectivity index (χ0n) is 55.9. The van der Waals surface area contributed by atoms with Gasteiger partial charge in [-0.1, -0.05) is 330 Å². The highest BCUT2D eigenvalue weighted by molar-refractivity contribution is 7.00. The van der Waals surface area contributed by atoms with E-state index in [-0.39, 0.29) is 12.1 Å². The number of fused-ring (bicyclic) bond motifs is 9. The molecule has 0 saturated heterocycles. The van der Waals surface area contributed by atoms with Gasteiger partial charge in [0.2, 0.25) is 0 Å². The molecular formula is C96H67BN2O. The number of para-hydroxylation sites is 3. The number of furan rings is 1. The zero-order valence-corrected chi connectivity index (χ0v) is 55.9. The third-order valence-electron chi connectivity index (χ3n) is 21.0. The summed E-state index contributed by atoms with van der Waals surface area (Å²) in [6.07, 6.45) is 0. The second-order valence-electron chi connectivity index (χ2n) is 27.8. The molecule has 4 heteroatoms. The Labute approximate surface area is 583 Å². The molecule has 0 aliphatic carbocycles. The highest BCUT2D eigenvalue weighted by Gasteiger charge is 2.46. The van der Waals surface area contributed by atoms with Gasteiger partial charge < -0.3 is 14.2 Å². The Hall–Kier alpha value is -12.5. The van der Waals surface area contributed by atoms with E-state index in [1.807, 2.05) is 0 Å². The molecular weight excluding hydrogens is 1210 g/mol. The van der Waals surface area contributed by atoms with E-state index in [1.165, 1.54) is 65.8 Å². The predicted octanol–water partition coefficient (Wildman–Crippen LogP) is 24.6. The predicted molar refractivity (Wildman–Crippen MR) is 425 cm³/mol. The van der Waals surface area contributed by atoms with E-state index in [0.717, 1.165) is 123 Å². The molecule has 0 unspecified atom stereocenters. The van der Waals surface area contributed by atoms with Crippen molar-refractivity contribution in [3.8, 4) is 89.0 Å². The van der Waals surface area contributed by atoms with Crippen molar-refractivity contribution in [3.63, 3.8) is 0 Å². The van der Waals surface area contributed by atoms with Gasteiger partial charge in [-0.2, -0.15) is 0 Å².